The molecule has 1 amide bonds. The minimum atomic E-state index is -0.0367. The van der Waals surface area contributed by atoms with Crippen LogP contribution in [0, 0.1) is 0 Å². The van der Waals surface area contributed by atoms with Gasteiger partial charge in [-0.05, 0) is 36.4 Å². The quantitative estimate of drug-likeness (QED) is 0.657. The summed E-state index contributed by atoms with van der Waals surface area (Å²) < 4.78 is 10.6. The van der Waals surface area contributed by atoms with Crippen LogP contribution in [0.15, 0.2) is 60.7 Å². The maximum absolute atomic E-state index is 13.0. The number of nitrogens with one attached hydrogen (secondary N) is 1. The van der Waals surface area contributed by atoms with Crippen LogP contribution in [-0.4, -0.2) is 61.4 Å². The molecule has 1 fully saturated rings. The lowest BCUT2D eigenvalue weighted by molar-refractivity contribution is 0.0745. The molecular weight excluding hydrogens is 394 g/mol. The van der Waals surface area contributed by atoms with E-state index in [1.54, 1.807) is 32.4 Å². The molecule has 1 saturated heterocycles. The normalized spacial score (nSPS) is 13.6. The van der Waals surface area contributed by atoms with E-state index in [4.69, 9.17) is 9.47 Å². The summed E-state index contributed by atoms with van der Waals surface area (Å²) >= 11 is 0. The van der Waals surface area contributed by atoms with Crippen molar-refractivity contribution in [2.75, 3.05) is 50.6 Å². The van der Waals surface area contributed by atoms with Crippen molar-refractivity contribution in [1.29, 1.82) is 0 Å². The van der Waals surface area contributed by atoms with Crippen LogP contribution in [0.1, 0.15) is 10.4 Å². The lowest BCUT2D eigenvalue weighted by Crippen LogP contribution is -2.49. The summed E-state index contributed by atoms with van der Waals surface area (Å²) in [5.74, 6) is 2.65. The summed E-state index contributed by atoms with van der Waals surface area (Å²) in [6.45, 7) is 2.58. The van der Waals surface area contributed by atoms with Gasteiger partial charge in [-0.1, -0.05) is 18.2 Å². The lowest BCUT2D eigenvalue weighted by atomic mass is 10.1. The molecule has 31 heavy (non-hydrogen) atoms. The molecule has 0 spiro atoms. The standard InChI is InChI=1S/C23H25N5O3/c1-30-19-14-17(15-20(16-19)31-2)23(29)28-12-10-27(11-13-28)22-9-8-21(25-26-22)24-18-6-4-3-5-7-18/h3-9,14-16H,10-13H2,1-2H3,(H,24,25). The van der Waals surface area contributed by atoms with Crippen molar-refractivity contribution in [2.24, 2.45) is 0 Å². The fourth-order valence-corrected chi connectivity index (χ4v) is 3.48. The van der Waals surface area contributed by atoms with Crippen LogP contribution in [0.3, 0.4) is 0 Å². The molecule has 0 unspecified atom stereocenters. The second-order valence-electron chi connectivity index (χ2n) is 7.15. The van der Waals surface area contributed by atoms with Crippen LogP contribution in [0.4, 0.5) is 17.3 Å². The third kappa shape index (κ3) is 4.85. The molecule has 1 aliphatic rings. The molecule has 0 saturated carbocycles. The molecular formula is C23H25N5O3. The zero-order chi connectivity index (χ0) is 21.6. The van der Waals surface area contributed by atoms with Gasteiger partial charge in [-0.25, -0.2) is 0 Å². The second-order valence-corrected chi connectivity index (χ2v) is 7.15. The molecule has 0 radical (unpaired) electrons. The third-order valence-electron chi connectivity index (χ3n) is 5.19. The smallest absolute Gasteiger partial charge is 0.254 e. The van der Waals surface area contributed by atoms with E-state index in [0.29, 0.717) is 49.1 Å². The first-order valence-corrected chi connectivity index (χ1v) is 10.1. The van der Waals surface area contributed by atoms with Crippen molar-refractivity contribution in [3.8, 4) is 11.5 Å². The van der Waals surface area contributed by atoms with Gasteiger partial charge in [-0.2, -0.15) is 0 Å². The number of anilines is 3. The highest BCUT2D eigenvalue weighted by molar-refractivity contribution is 5.95. The van der Waals surface area contributed by atoms with Crippen LogP contribution in [0.5, 0.6) is 11.5 Å². The van der Waals surface area contributed by atoms with Gasteiger partial charge in [0.05, 0.1) is 14.2 Å². The number of amides is 1. The molecule has 0 bridgehead atoms. The number of aromatic nitrogens is 2. The highest BCUT2D eigenvalue weighted by Crippen LogP contribution is 2.24. The van der Waals surface area contributed by atoms with E-state index in [1.165, 1.54) is 0 Å². The third-order valence-corrected chi connectivity index (χ3v) is 5.19. The Morgan fingerprint density at radius 1 is 0.871 bits per heavy atom. The van der Waals surface area contributed by atoms with Gasteiger partial charge >= 0.3 is 0 Å². The minimum Gasteiger partial charge on any atom is -0.497 e. The maximum Gasteiger partial charge on any atom is 0.254 e. The molecule has 4 rings (SSSR count). The zero-order valence-corrected chi connectivity index (χ0v) is 17.6. The van der Waals surface area contributed by atoms with Crippen LogP contribution >= 0.6 is 0 Å². The number of carbonyl (C=O) groups excluding carboxylic acids is 1. The number of ether oxygens (including phenoxy) is 2. The molecule has 0 aliphatic carbocycles. The average molecular weight is 419 g/mol. The Morgan fingerprint density at radius 2 is 1.55 bits per heavy atom. The van der Waals surface area contributed by atoms with E-state index in [9.17, 15) is 4.79 Å². The predicted molar refractivity (Wildman–Crippen MR) is 119 cm³/mol. The number of methoxy groups -OCH3 is 2. The van der Waals surface area contributed by atoms with Gasteiger partial charge < -0.3 is 24.6 Å². The van der Waals surface area contributed by atoms with Gasteiger partial charge in [0.25, 0.3) is 5.91 Å². The number of carbonyl (C=O) groups is 1. The molecule has 1 aliphatic heterocycles. The Hall–Kier alpha value is -3.81. The van der Waals surface area contributed by atoms with Gasteiger partial charge in [0.15, 0.2) is 11.6 Å². The predicted octanol–water partition coefficient (Wildman–Crippen LogP) is 3.20. The average Bonchev–Trinajstić information content (AvgIpc) is 2.84. The molecule has 1 N–H and O–H groups in total. The SMILES string of the molecule is COc1cc(OC)cc(C(=O)N2CCN(c3ccc(Nc4ccccc4)nn3)CC2)c1. The number of para-hydroxylation sites is 1. The van der Waals surface area contributed by atoms with Crippen LogP contribution in [0.25, 0.3) is 0 Å². The molecule has 8 heteroatoms. The number of benzene rings is 2. The highest BCUT2D eigenvalue weighted by Gasteiger charge is 2.24. The van der Waals surface area contributed by atoms with Gasteiger partial charge in [0, 0.05) is 43.5 Å². The van der Waals surface area contributed by atoms with Crippen molar-refractivity contribution in [1.82, 2.24) is 15.1 Å². The van der Waals surface area contributed by atoms with Crippen molar-refractivity contribution >= 4 is 23.2 Å². The summed E-state index contributed by atoms with van der Waals surface area (Å²) in [5, 5.41) is 11.9. The Labute approximate surface area is 181 Å². The van der Waals surface area contributed by atoms with Gasteiger partial charge in [-0.3, -0.25) is 4.79 Å². The Bertz CT molecular complexity index is 997. The van der Waals surface area contributed by atoms with Crippen LogP contribution in [0.2, 0.25) is 0 Å². The Morgan fingerprint density at radius 3 is 2.13 bits per heavy atom. The highest BCUT2D eigenvalue weighted by atomic mass is 16.5. The van der Waals surface area contributed by atoms with Crippen molar-refractivity contribution in [3.63, 3.8) is 0 Å². The molecule has 0 atom stereocenters. The van der Waals surface area contributed by atoms with E-state index in [1.807, 2.05) is 47.4 Å². The zero-order valence-electron chi connectivity index (χ0n) is 17.6. The molecule has 160 valence electrons. The number of nitrogens with zero attached hydrogens (tertiary/aromatic N) is 4. The van der Waals surface area contributed by atoms with Crippen LogP contribution in [-0.2, 0) is 0 Å². The first-order valence-electron chi connectivity index (χ1n) is 10.1. The first-order chi connectivity index (χ1) is 15.2. The number of hydrogen-bond acceptors (Lipinski definition) is 7. The fourth-order valence-electron chi connectivity index (χ4n) is 3.48. The lowest BCUT2D eigenvalue weighted by Gasteiger charge is -2.35. The largest absolute Gasteiger partial charge is 0.497 e. The summed E-state index contributed by atoms with van der Waals surface area (Å²) in [7, 11) is 3.15. The topological polar surface area (TPSA) is 79.8 Å². The number of rotatable bonds is 6. The Kier molecular flexibility index (Phi) is 6.16. The van der Waals surface area contributed by atoms with Gasteiger partial charge in [0.1, 0.15) is 11.5 Å². The van der Waals surface area contributed by atoms with E-state index in [2.05, 4.69) is 20.4 Å². The monoisotopic (exact) mass is 419 g/mol. The molecule has 2 heterocycles. The molecule has 2 aromatic carbocycles. The van der Waals surface area contributed by atoms with E-state index < -0.39 is 0 Å². The minimum absolute atomic E-state index is 0.0367. The van der Waals surface area contributed by atoms with Crippen molar-refractivity contribution in [2.45, 2.75) is 0 Å². The van der Waals surface area contributed by atoms with Crippen LogP contribution < -0.4 is 19.7 Å². The number of piperazine rings is 1. The summed E-state index contributed by atoms with van der Waals surface area (Å²) in [6, 6.07) is 18.9. The maximum atomic E-state index is 13.0. The van der Waals surface area contributed by atoms with Gasteiger partial charge in [0.2, 0.25) is 0 Å². The van der Waals surface area contributed by atoms with E-state index in [0.717, 1.165) is 11.5 Å². The summed E-state index contributed by atoms with van der Waals surface area (Å²) in [6.07, 6.45) is 0. The Balaban J connectivity index is 1.37. The first kappa shape index (κ1) is 20.5. The van der Waals surface area contributed by atoms with E-state index >= 15 is 0 Å². The summed E-state index contributed by atoms with van der Waals surface area (Å²) in [4.78, 5) is 16.9. The van der Waals surface area contributed by atoms with Gasteiger partial charge in [-0.15, -0.1) is 10.2 Å². The van der Waals surface area contributed by atoms with Crippen molar-refractivity contribution in [3.05, 3.63) is 66.2 Å². The fraction of sp³-hybridized carbons (Fsp3) is 0.261. The number of hydrogen-bond donors (Lipinski definition) is 1. The van der Waals surface area contributed by atoms with E-state index in [-0.39, 0.29) is 5.91 Å². The van der Waals surface area contributed by atoms with Crippen molar-refractivity contribution < 1.29 is 14.3 Å². The molecule has 1 aromatic heterocycles. The molecule has 3 aromatic rings. The molecule has 8 nitrogen and oxygen atoms in total. The summed E-state index contributed by atoms with van der Waals surface area (Å²) in [5.41, 5.74) is 1.52. The second kappa shape index (κ2) is 9.34.